The molecule has 14 nitrogen and oxygen atoms in total. The molecule has 2 aromatic rings. The SMILES string of the molecule is C=CCNC(=O)C(=O)C(CC1CC1)NC(=O)[C@@H]1[C@@H]2[C@H](CN1C(=O)[C@@H](NC(=O)[C@@H](NS(=O)(=O)c1nc3ccccc3[nH]1)C1(C)CCCCC1)C(C)(C)C)C2(C)C. The first-order valence-corrected chi connectivity index (χ1v) is 21.1. The number of H-pyrrole nitrogens is 1. The Morgan fingerprint density at radius 2 is 1.71 bits per heavy atom. The van der Waals surface area contributed by atoms with Gasteiger partial charge in [0.05, 0.1) is 17.1 Å². The van der Waals surface area contributed by atoms with Crippen molar-refractivity contribution in [3.63, 3.8) is 0 Å². The Morgan fingerprint density at radius 1 is 1.04 bits per heavy atom. The zero-order valence-electron chi connectivity index (χ0n) is 32.9. The number of hydrogen-bond acceptors (Lipinski definition) is 8. The van der Waals surface area contributed by atoms with Crippen LogP contribution in [0.15, 0.2) is 42.1 Å². The Kier molecular flexibility index (Phi) is 11.1. The van der Waals surface area contributed by atoms with E-state index in [9.17, 15) is 32.4 Å². The molecule has 4 amide bonds. The molecule has 6 atom stereocenters. The number of sulfonamides is 1. The maximum atomic E-state index is 14.8. The van der Waals surface area contributed by atoms with Crippen LogP contribution in [-0.2, 0) is 34.0 Å². The molecule has 300 valence electrons. The van der Waals surface area contributed by atoms with Gasteiger partial charge in [-0.25, -0.2) is 13.4 Å². The van der Waals surface area contributed by atoms with E-state index in [0.717, 1.165) is 32.1 Å². The molecule has 0 radical (unpaired) electrons. The maximum absolute atomic E-state index is 14.8. The second kappa shape index (κ2) is 15.1. The zero-order chi connectivity index (χ0) is 40.1. The lowest BCUT2D eigenvalue weighted by Crippen LogP contribution is -2.64. The van der Waals surface area contributed by atoms with Crippen molar-refractivity contribution in [2.75, 3.05) is 13.1 Å². The molecule has 0 spiro atoms. The summed E-state index contributed by atoms with van der Waals surface area (Å²) >= 11 is 0. The molecule has 55 heavy (non-hydrogen) atoms. The van der Waals surface area contributed by atoms with Crippen LogP contribution in [0, 0.1) is 34.0 Å². The Labute approximate surface area is 323 Å². The molecule has 1 aromatic carbocycles. The van der Waals surface area contributed by atoms with Crippen molar-refractivity contribution in [1.29, 1.82) is 0 Å². The average Bonchev–Trinajstić information content (AvgIpc) is 3.87. The zero-order valence-corrected chi connectivity index (χ0v) is 33.7. The molecule has 5 N–H and O–H groups in total. The number of aromatic nitrogens is 2. The van der Waals surface area contributed by atoms with Crippen molar-refractivity contribution in [2.45, 2.75) is 122 Å². The highest BCUT2D eigenvalue weighted by atomic mass is 32.2. The van der Waals surface area contributed by atoms with E-state index in [2.05, 4.69) is 37.2 Å². The number of carbonyl (C=O) groups excluding carboxylic acids is 5. The van der Waals surface area contributed by atoms with Crippen molar-refractivity contribution in [3.8, 4) is 0 Å². The summed E-state index contributed by atoms with van der Waals surface area (Å²) in [7, 11) is -4.32. The van der Waals surface area contributed by atoms with Gasteiger partial charge in [0.25, 0.3) is 15.9 Å². The highest BCUT2D eigenvalue weighted by Gasteiger charge is 2.70. The van der Waals surface area contributed by atoms with Crippen molar-refractivity contribution >= 4 is 50.5 Å². The molecule has 1 aliphatic heterocycles. The summed E-state index contributed by atoms with van der Waals surface area (Å²) in [5, 5.41) is 8.02. The first-order chi connectivity index (χ1) is 25.8. The highest BCUT2D eigenvalue weighted by molar-refractivity contribution is 7.89. The highest BCUT2D eigenvalue weighted by Crippen LogP contribution is 2.65. The first kappa shape index (κ1) is 40.6. The van der Waals surface area contributed by atoms with E-state index in [1.54, 1.807) is 24.3 Å². The van der Waals surface area contributed by atoms with Gasteiger partial charge in [0.1, 0.15) is 18.1 Å². The summed E-state index contributed by atoms with van der Waals surface area (Å²) in [4.78, 5) is 78.2. The molecule has 3 saturated carbocycles. The molecule has 1 saturated heterocycles. The summed E-state index contributed by atoms with van der Waals surface area (Å²) in [6.07, 6.45) is 7.40. The molecule has 3 aliphatic carbocycles. The molecule has 6 rings (SSSR count). The monoisotopic (exact) mass is 779 g/mol. The third-order valence-electron chi connectivity index (χ3n) is 12.5. The van der Waals surface area contributed by atoms with Crippen LogP contribution in [0.4, 0.5) is 0 Å². The van der Waals surface area contributed by atoms with Crippen molar-refractivity contribution in [1.82, 2.24) is 35.5 Å². The topological polar surface area (TPSA) is 200 Å². The van der Waals surface area contributed by atoms with Gasteiger partial charge in [-0.15, -0.1) is 6.58 Å². The van der Waals surface area contributed by atoms with E-state index < -0.39 is 74.4 Å². The van der Waals surface area contributed by atoms with Gasteiger partial charge in [-0.3, -0.25) is 24.0 Å². The number of benzene rings is 1. The molecular formula is C40H57N7O7S. The molecule has 1 unspecified atom stereocenters. The third-order valence-corrected chi connectivity index (χ3v) is 13.8. The van der Waals surface area contributed by atoms with E-state index in [1.807, 2.05) is 41.5 Å². The fraction of sp³-hybridized carbons (Fsp3) is 0.650. The van der Waals surface area contributed by atoms with Crippen molar-refractivity contribution in [3.05, 3.63) is 36.9 Å². The van der Waals surface area contributed by atoms with Gasteiger partial charge in [-0.2, -0.15) is 4.72 Å². The van der Waals surface area contributed by atoms with Gasteiger partial charge in [0.15, 0.2) is 0 Å². The molecule has 4 aliphatic rings. The summed E-state index contributed by atoms with van der Waals surface area (Å²) < 4.78 is 30.5. The second-order valence-corrected chi connectivity index (χ2v) is 19.8. The largest absolute Gasteiger partial charge is 0.346 e. The minimum atomic E-state index is -4.32. The number of amides is 4. The average molecular weight is 780 g/mol. The predicted octanol–water partition coefficient (Wildman–Crippen LogP) is 3.35. The van der Waals surface area contributed by atoms with Gasteiger partial charge in [0, 0.05) is 13.1 Å². The number of hydrogen-bond donors (Lipinski definition) is 5. The molecular weight excluding hydrogens is 723 g/mol. The minimum absolute atomic E-state index is 0.0153. The van der Waals surface area contributed by atoms with E-state index >= 15 is 0 Å². The predicted molar refractivity (Wildman–Crippen MR) is 207 cm³/mol. The van der Waals surface area contributed by atoms with Gasteiger partial charge < -0.3 is 25.8 Å². The van der Waals surface area contributed by atoms with E-state index in [1.165, 1.54) is 11.0 Å². The van der Waals surface area contributed by atoms with Crippen LogP contribution in [0.3, 0.4) is 0 Å². The number of nitrogens with zero attached hydrogens (tertiary/aromatic N) is 2. The Hall–Kier alpha value is -4.11. The maximum Gasteiger partial charge on any atom is 0.289 e. The van der Waals surface area contributed by atoms with E-state index in [-0.39, 0.29) is 41.4 Å². The lowest BCUT2D eigenvalue weighted by Gasteiger charge is -2.42. The number of likely N-dealkylation sites (tertiary alicyclic amines) is 1. The second-order valence-electron chi connectivity index (χ2n) is 18.1. The fourth-order valence-corrected chi connectivity index (χ4v) is 10.1. The van der Waals surface area contributed by atoms with E-state index in [0.29, 0.717) is 30.3 Å². The van der Waals surface area contributed by atoms with Gasteiger partial charge >= 0.3 is 0 Å². The van der Waals surface area contributed by atoms with Gasteiger partial charge in [-0.1, -0.05) is 91.9 Å². The summed E-state index contributed by atoms with van der Waals surface area (Å²) in [6.45, 7) is 15.4. The fourth-order valence-electron chi connectivity index (χ4n) is 8.87. The quantitative estimate of drug-likeness (QED) is 0.134. The summed E-state index contributed by atoms with van der Waals surface area (Å²) in [5.74, 6) is -3.11. The number of imidazole rings is 1. The molecule has 0 bridgehead atoms. The van der Waals surface area contributed by atoms with Crippen molar-refractivity contribution < 1.29 is 32.4 Å². The number of nitrogens with one attached hydrogen (secondary N) is 5. The summed E-state index contributed by atoms with van der Waals surface area (Å²) in [6, 6.07) is 2.60. The van der Waals surface area contributed by atoms with Crippen LogP contribution >= 0.6 is 0 Å². The normalized spacial score (nSPS) is 24.5. The van der Waals surface area contributed by atoms with Crippen LogP contribution in [-0.4, -0.2) is 90.0 Å². The van der Waals surface area contributed by atoms with Crippen LogP contribution in [0.25, 0.3) is 11.0 Å². The van der Waals surface area contributed by atoms with Crippen LogP contribution in [0.5, 0.6) is 0 Å². The number of ketones is 1. The molecule has 1 aromatic heterocycles. The molecule has 2 heterocycles. The van der Waals surface area contributed by atoms with E-state index in [4.69, 9.17) is 0 Å². The lowest BCUT2D eigenvalue weighted by molar-refractivity contribution is -0.147. The number of piperidine rings is 1. The van der Waals surface area contributed by atoms with Crippen LogP contribution in [0.2, 0.25) is 0 Å². The van der Waals surface area contributed by atoms with Crippen LogP contribution < -0.4 is 20.7 Å². The molecule has 4 fully saturated rings. The van der Waals surface area contributed by atoms with Crippen LogP contribution in [0.1, 0.15) is 92.9 Å². The van der Waals surface area contributed by atoms with Gasteiger partial charge in [-0.05, 0) is 65.4 Å². The number of Topliss-reactive ketones (excluding diaryl/α,β-unsaturated/α-hetero) is 1. The van der Waals surface area contributed by atoms with Crippen molar-refractivity contribution in [2.24, 2.45) is 34.0 Å². The minimum Gasteiger partial charge on any atom is -0.346 e. The number of fused-ring (bicyclic) bond motifs is 2. The standard InChI is InChI=1S/C40H57N7O7S/c1-8-20-41-34(50)30(48)27(21-23-16-17-23)42-33(49)29-28-24(39(28,5)6)22-47(29)36(52)32(38(2,3)4)45-35(51)31(40(7)18-12-9-13-19-40)46-55(53,54)37-43-25-14-10-11-15-26(25)44-37/h8,10-11,14-15,23-24,27-29,31-32,46H,1,9,12-13,16-22H2,2-7H3,(H,41,50)(H,42,49)(H,43,44)(H,45,51)/t24-,27?,28-,29-,31+,32+/m0/s1. The molecule has 15 heteroatoms. The summed E-state index contributed by atoms with van der Waals surface area (Å²) in [5.41, 5.74) is -0.840. The number of para-hydroxylation sites is 2. The Balaban J connectivity index is 1.26. The third kappa shape index (κ3) is 8.37. The smallest absolute Gasteiger partial charge is 0.289 e. The number of aromatic amines is 1. The Morgan fingerprint density at radius 3 is 2.33 bits per heavy atom. The number of carbonyl (C=O) groups is 5. The van der Waals surface area contributed by atoms with Gasteiger partial charge in [0.2, 0.25) is 28.7 Å². The first-order valence-electron chi connectivity index (χ1n) is 19.6. The number of rotatable bonds is 15. The Bertz CT molecular complexity index is 1920. The lowest BCUT2D eigenvalue weighted by atomic mass is 9.70.